The maximum Gasteiger partial charge on any atom is 0.323 e. The Morgan fingerprint density at radius 2 is 1.68 bits per heavy atom. The first-order valence-electron chi connectivity index (χ1n) is 18.3. The second kappa shape index (κ2) is 15.7. The number of esters is 1. The summed E-state index contributed by atoms with van der Waals surface area (Å²) in [5.74, 6) is 0.660. The van der Waals surface area contributed by atoms with Gasteiger partial charge < -0.3 is 14.7 Å². The van der Waals surface area contributed by atoms with Crippen molar-refractivity contribution in [1.82, 2.24) is 9.88 Å². The second-order valence-corrected chi connectivity index (χ2v) is 18.7. The standard InChI is InChI=1S/C41H52N2O5S2/c1-27(21-37(44)43(26-38(45)46)25-29-9-6-5-7-10-29)49-50-28(2)22-39(47)48-32-16-18-40(3)31(23-32)12-13-33-35-15-14-34(30-11-8-20-42-24-30)41(35,4)19-17-36(33)40/h5-12,14,20,24,27-28,32-33,35-36H,13,15-19,21-23,25-26H2,1-4H3,(H,45,46)/t27?,28-,32-,33-,35-,36-,40-,41+/m0/s1. The molecule has 1 unspecified atom stereocenters. The highest BCUT2D eigenvalue weighted by Gasteiger charge is 2.57. The molecule has 1 amide bonds. The van der Waals surface area contributed by atoms with Gasteiger partial charge >= 0.3 is 11.9 Å². The summed E-state index contributed by atoms with van der Waals surface area (Å²) >= 11 is 0. The average Bonchev–Trinajstić information content (AvgIpc) is 3.45. The third kappa shape index (κ3) is 8.04. The van der Waals surface area contributed by atoms with Crippen molar-refractivity contribution in [2.45, 2.75) is 109 Å². The summed E-state index contributed by atoms with van der Waals surface area (Å²) in [6, 6.07) is 13.7. The SMILES string of the molecule is CC(CC(=O)N(CC(=O)O)Cc1ccccc1)SS[C@@H](C)CC(=O)O[C@H]1CC[C@@]2(C)C(=CC[C@@H]3[C@@H]2CC[C@]2(C)C(c4cccnc4)=CC[C@@H]32)C1. The Kier molecular flexibility index (Phi) is 11.5. The molecule has 1 aromatic carbocycles. The molecule has 0 aliphatic heterocycles. The predicted octanol–water partition coefficient (Wildman–Crippen LogP) is 9.00. The van der Waals surface area contributed by atoms with Crippen LogP contribution < -0.4 is 0 Å². The van der Waals surface area contributed by atoms with Gasteiger partial charge in [-0.25, -0.2) is 0 Å². The lowest BCUT2D eigenvalue weighted by molar-refractivity contribution is -0.151. The predicted molar refractivity (Wildman–Crippen MR) is 202 cm³/mol. The number of aromatic nitrogens is 1. The summed E-state index contributed by atoms with van der Waals surface area (Å²) in [6.07, 6.45) is 17.0. The number of pyridine rings is 1. The maximum absolute atomic E-state index is 13.1. The fourth-order valence-electron chi connectivity index (χ4n) is 9.57. The number of carbonyl (C=O) groups is 3. The summed E-state index contributed by atoms with van der Waals surface area (Å²) < 4.78 is 6.10. The second-order valence-electron chi connectivity index (χ2n) is 15.5. The van der Waals surface area contributed by atoms with Crippen molar-refractivity contribution in [3.8, 4) is 0 Å². The highest BCUT2D eigenvalue weighted by molar-refractivity contribution is 8.77. The van der Waals surface area contributed by atoms with Crippen LogP contribution in [0.5, 0.6) is 0 Å². The van der Waals surface area contributed by atoms with Gasteiger partial charge in [0.1, 0.15) is 12.6 Å². The van der Waals surface area contributed by atoms with Crippen molar-refractivity contribution in [3.05, 3.63) is 83.7 Å². The minimum atomic E-state index is -1.03. The number of hydrogen-bond acceptors (Lipinski definition) is 7. The summed E-state index contributed by atoms with van der Waals surface area (Å²) in [6.45, 7) is 8.92. The van der Waals surface area contributed by atoms with Gasteiger partial charge in [0.2, 0.25) is 5.91 Å². The first kappa shape index (κ1) is 36.7. The van der Waals surface area contributed by atoms with E-state index in [0.717, 1.165) is 37.7 Å². The Hall–Kier alpha value is -3.04. The van der Waals surface area contributed by atoms with E-state index in [1.54, 1.807) is 21.6 Å². The molecule has 0 saturated heterocycles. The van der Waals surface area contributed by atoms with Crippen LogP contribution >= 0.6 is 21.6 Å². The summed E-state index contributed by atoms with van der Waals surface area (Å²) in [5, 5.41) is 9.36. The van der Waals surface area contributed by atoms with E-state index in [4.69, 9.17) is 4.74 Å². The fraction of sp³-hybridized carbons (Fsp3) is 0.561. The van der Waals surface area contributed by atoms with E-state index in [9.17, 15) is 19.5 Å². The van der Waals surface area contributed by atoms with Crippen LogP contribution in [-0.2, 0) is 25.7 Å². The molecule has 0 bridgehead atoms. The Morgan fingerprint density at radius 1 is 0.940 bits per heavy atom. The van der Waals surface area contributed by atoms with Crippen LogP contribution in [0.15, 0.2) is 72.6 Å². The van der Waals surface area contributed by atoms with Crippen molar-refractivity contribution in [1.29, 1.82) is 0 Å². The van der Waals surface area contributed by atoms with Gasteiger partial charge in [0.15, 0.2) is 0 Å². The Bertz CT molecular complexity index is 1600. The number of benzene rings is 1. The van der Waals surface area contributed by atoms with Gasteiger partial charge in [-0.05, 0) is 89.9 Å². The van der Waals surface area contributed by atoms with Gasteiger partial charge in [0.05, 0.1) is 6.42 Å². The van der Waals surface area contributed by atoms with Gasteiger partial charge in [-0.2, -0.15) is 0 Å². The topological polar surface area (TPSA) is 96.8 Å². The van der Waals surface area contributed by atoms with E-state index >= 15 is 0 Å². The molecule has 1 aromatic heterocycles. The number of ether oxygens (including phenoxy) is 1. The number of hydrogen-bond donors (Lipinski definition) is 1. The molecule has 50 heavy (non-hydrogen) atoms. The molecule has 2 fully saturated rings. The van der Waals surface area contributed by atoms with Crippen molar-refractivity contribution in [3.63, 3.8) is 0 Å². The molecule has 4 aliphatic rings. The molecule has 7 nitrogen and oxygen atoms in total. The zero-order valence-corrected chi connectivity index (χ0v) is 31.5. The summed E-state index contributed by atoms with van der Waals surface area (Å²) in [7, 11) is 3.16. The normalized spacial score (nSPS) is 29.7. The first-order chi connectivity index (χ1) is 24.0. The molecule has 268 valence electrons. The summed E-state index contributed by atoms with van der Waals surface area (Å²) in [5.41, 5.74) is 5.58. The number of aliphatic carboxylic acids is 1. The fourth-order valence-corrected chi connectivity index (χ4v) is 11.9. The van der Waals surface area contributed by atoms with Crippen LogP contribution in [0.25, 0.3) is 5.57 Å². The Morgan fingerprint density at radius 3 is 2.40 bits per heavy atom. The van der Waals surface area contributed by atoms with E-state index in [-0.39, 0.29) is 58.8 Å². The number of amides is 1. The van der Waals surface area contributed by atoms with Gasteiger partial charge in [-0.15, -0.1) is 0 Å². The number of rotatable bonds is 13. The lowest BCUT2D eigenvalue weighted by Crippen LogP contribution is -2.50. The number of fused-ring (bicyclic) bond motifs is 5. The lowest BCUT2D eigenvalue weighted by Gasteiger charge is -2.57. The molecule has 0 spiro atoms. The quantitative estimate of drug-likeness (QED) is 0.125. The van der Waals surface area contributed by atoms with E-state index in [1.165, 1.54) is 34.5 Å². The van der Waals surface area contributed by atoms with Gasteiger partial charge in [-0.1, -0.05) is 103 Å². The maximum atomic E-state index is 13.1. The first-order valence-corrected chi connectivity index (χ1v) is 20.6. The van der Waals surface area contributed by atoms with Crippen LogP contribution in [0.3, 0.4) is 0 Å². The van der Waals surface area contributed by atoms with Gasteiger partial charge in [0.25, 0.3) is 0 Å². The van der Waals surface area contributed by atoms with Crippen LogP contribution in [-0.4, -0.2) is 56.0 Å². The van der Waals surface area contributed by atoms with Crippen LogP contribution in [0.2, 0.25) is 0 Å². The van der Waals surface area contributed by atoms with Gasteiger partial charge in [-0.3, -0.25) is 19.4 Å². The average molecular weight is 717 g/mol. The summed E-state index contributed by atoms with van der Waals surface area (Å²) in [4.78, 5) is 43.4. The van der Waals surface area contributed by atoms with E-state index < -0.39 is 5.97 Å². The zero-order valence-electron chi connectivity index (χ0n) is 29.9. The molecule has 8 atom stereocenters. The van der Waals surface area contributed by atoms with Crippen molar-refractivity contribution < 1.29 is 24.2 Å². The Labute approximate surface area is 305 Å². The molecule has 6 rings (SSSR count). The molecule has 1 heterocycles. The minimum Gasteiger partial charge on any atom is -0.480 e. The number of carboxylic acids is 1. The van der Waals surface area contributed by atoms with Crippen molar-refractivity contribution >= 4 is 45.0 Å². The number of carbonyl (C=O) groups excluding carboxylic acids is 2. The molecule has 1 N–H and O–H groups in total. The van der Waals surface area contributed by atoms with Crippen molar-refractivity contribution in [2.75, 3.05) is 6.54 Å². The lowest BCUT2D eigenvalue weighted by atomic mass is 9.47. The molecule has 2 saturated carbocycles. The third-order valence-corrected chi connectivity index (χ3v) is 15.5. The molecular weight excluding hydrogens is 665 g/mol. The molecule has 0 radical (unpaired) electrons. The van der Waals surface area contributed by atoms with Crippen LogP contribution in [0.4, 0.5) is 0 Å². The van der Waals surface area contributed by atoms with E-state index in [1.807, 2.05) is 56.6 Å². The van der Waals surface area contributed by atoms with Crippen molar-refractivity contribution in [2.24, 2.45) is 28.6 Å². The Balaban J connectivity index is 0.965. The molecule has 9 heteroatoms. The van der Waals surface area contributed by atoms with Gasteiger partial charge in [0, 0.05) is 42.3 Å². The zero-order chi connectivity index (χ0) is 35.5. The minimum absolute atomic E-state index is 0.0288. The number of allylic oxidation sites excluding steroid dienone is 3. The number of nitrogens with zero attached hydrogens (tertiary/aromatic N) is 2. The molecular formula is C41H52N2O5S2. The third-order valence-electron chi connectivity index (χ3n) is 12.1. The largest absolute Gasteiger partial charge is 0.480 e. The molecule has 2 aromatic rings. The van der Waals surface area contributed by atoms with E-state index in [2.05, 4.69) is 43.1 Å². The monoisotopic (exact) mass is 716 g/mol. The van der Waals surface area contributed by atoms with E-state index in [0.29, 0.717) is 24.2 Å². The smallest absolute Gasteiger partial charge is 0.323 e. The highest BCUT2D eigenvalue weighted by Crippen LogP contribution is 2.66. The van der Waals surface area contributed by atoms with Crippen LogP contribution in [0.1, 0.15) is 96.6 Å². The molecule has 4 aliphatic carbocycles. The highest BCUT2D eigenvalue weighted by atomic mass is 33.1. The van der Waals surface area contributed by atoms with Crippen LogP contribution in [0, 0.1) is 28.6 Å². The number of carboxylic acid groups (broad SMARTS) is 1.